The Morgan fingerprint density at radius 3 is 2.38 bits per heavy atom. The lowest BCUT2D eigenvalue weighted by Crippen LogP contribution is -2.40. The van der Waals surface area contributed by atoms with E-state index >= 15 is 0 Å². The zero-order valence-corrected chi connectivity index (χ0v) is 13.8. The average molecular weight is 290 g/mol. The molecular formula is C18H30N2O. The van der Waals surface area contributed by atoms with Crippen molar-refractivity contribution in [1.29, 1.82) is 0 Å². The molecular weight excluding hydrogens is 260 g/mol. The minimum atomic E-state index is -0.324. The van der Waals surface area contributed by atoms with Crippen molar-refractivity contribution < 1.29 is 5.11 Å². The number of likely N-dealkylation sites (N-methyl/N-ethyl adjacent to an activating group) is 1. The van der Waals surface area contributed by atoms with Gasteiger partial charge in [0.05, 0.1) is 6.10 Å². The lowest BCUT2D eigenvalue weighted by molar-refractivity contribution is 0.0612. The van der Waals surface area contributed by atoms with Crippen LogP contribution in [0.15, 0.2) is 24.3 Å². The highest BCUT2D eigenvalue weighted by Gasteiger charge is 2.33. The van der Waals surface area contributed by atoms with Crippen molar-refractivity contribution in [1.82, 2.24) is 9.80 Å². The molecule has 3 heteroatoms. The SMILES string of the molecule is CCN(CC)CCCN(CC)C1Cc2ccccc2C1O. The van der Waals surface area contributed by atoms with E-state index < -0.39 is 0 Å². The first-order chi connectivity index (χ1) is 10.2. The number of nitrogens with zero attached hydrogens (tertiary/aromatic N) is 2. The Balaban J connectivity index is 1.91. The third-order valence-corrected chi connectivity index (χ3v) is 4.86. The number of rotatable bonds is 8. The fourth-order valence-electron chi connectivity index (χ4n) is 3.48. The van der Waals surface area contributed by atoms with Crippen LogP contribution in [-0.2, 0) is 6.42 Å². The second-order valence-electron chi connectivity index (χ2n) is 5.92. The molecule has 1 aromatic rings. The molecule has 0 saturated carbocycles. The molecule has 0 spiro atoms. The molecule has 1 aliphatic rings. The average Bonchev–Trinajstić information content (AvgIpc) is 2.85. The van der Waals surface area contributed by atoms with Gasteiger partial charge in [-0.2, -0.15) is 0 Å². The molecule has 2 rings (SSSR count). The summed E-state index contributed by atoms with van der Waals surface area (Å²) in [6.07, 6.45) is 1.83. The van der Waals surface area contributed by atoms with Crippen LogP contribution in [0.4, 0.5) is 0 Å². The molecule has 0 amide bonds. The molecule has 0 fully saturated rings. The van der Waals surface area contributed by atoms with Gasteiger partial charge in [-0.1, -0.05) is 45.0 Å². The van der Waals surface area contributed by atoms with Crippen molar-refractivity contribution in [2.45, 2.75) is 45.8 Å². The van der Waals surface area contributed by atoms with E-state index in [9.17, 15) is 5.11 Å². The van der Waals surface area contributed by atoms with E-state index in [1.165, 1.54) is 12.0 Å². The van der Waals surface area contributed by atoms with Crippen LogP contribution < -0.4 is 0 Å². The van der Waals surface area contributed by atoms with Gasteiger partial charge < -0.3 is 10.0 Å². The van der Waals surface area contributed by atoms with E-state index in [1.807, 2.05) is 6.07 Å². The summed E-state index contributed by atoms with van der Waals surface area (Å²) in [5.41, 5.74) is 2.45. The summed E-state index contributed by atoms with van der Waals surface area (Å²) in [7, 11) is 0. The first-order valence-electron chi connectivity index (χ1n) is 8.43. The minimum Gasteiger partial charge on any atom is -0.387 e. The predicted molar refractivity (Wildman–Crippen MR) is 88.5 cm³/mol. The van der Waals surface area contributed by atoms with Gasteiger partial charge in [0.2, 0.25) is 0 Å². The molecule has 0 bridgehead atoms. The number of hydrogen-bond acceptors (Lipinski definition) is 3. The summed E-state index contributed by atoms with van der Waals surface area (Å²) in [6.45, 7) is 12.1. The molecule has 0 aromatic heterocycles. The first-order valence-corrected chi connectivity index (χ1v) is 8.43. The van der Waals surface area contributed by atoms with Crippen LogP contribution in [0, 0.1) is 0 Å². The largest absolute Gasteiger partial charge is 0.387 e. The van der Waals surface area contributed by atoms with Gasteiger partial charge in [0, 0.05) is 6.04 Å². The van der Waals surface area contributed by atoms with Gasteiger partial charge in [-0.05, 0) is 56.7 Å². The van der Waals surface area contributed by atoms with Crippen molar-refractivity contribution in [2.24, 2.45) is 0 Å². The first kappa shape index (κ1) is 16.5. The molecule has 0 heterocycles. The Morgan fingerprint density at radius 2 is 1.76 bits per heavy atom. The molecule has 1 aliphatic carbocycles. The standard InChI is InChI=1S/C18H30N2O/c1-4-19(5-2)12-9-13-20(6-3)17-14-15-10-7-8-11-16(15)18(17)21/h7-8,10-11,17-18,21H,4-6,9,12-14H2,1-3H3. The molecule has 3 nitrogen and oxygen atoms in total. The van der Waals surface area contributed by atoms with Gasteiger partial charge in [0.25, 0.3) is 0 Å². The Kier molecular flexibility index (Phi) is 6.22. The van der Waals surface area contributed by atoms with Gasteiger partial charge in [0.1, 0.15) is 0 Å². The van der Waals surface area contributed by atoms with Crippen LogP contribution in [0.25, 0.3) is 0 Å². The molecule has 1 aromatic carbocycles. The maximum Gasteiger partial charge on any atom is 0.0951 e. The fourth-order valence-corrected chi connectivity index (χ4v) is 3.48. The number of aliphatic hydroxyl groups excluding tert-OH is 1. The summed E-state index contributed by atoms with van der Waals surface area (Å²) >= 11 is 0. The normalized spacial score (nSPS) is 21.2. The Bertz CT molecular complexity index is 431. The van der Waals surface area contributed by atoms with Crippen LogP contribution in [0.1, 0.15) is 44.4 Å². The molecule has 0 aliphatic heterocycles. The third-order valence-electron chi connectivity index (χ3n) is 4.86. The highest BCUT2D eigenvalue weighted by atomic mass is 16.3. The summed E-state index contributed by atoms with van der Waals surface area (Å²) < 4.78 is 0. The molecule has 0 radical (unpaired) electrons. The Morgan fingerprint density at radius 1 is 1.05 bits per heavy atom. The van der Waals surface area contributed by atoms with Gasteiger partial charge in [-0.3, -0.25) is 4.90 Å². The van der Waals surface area contributed by atoms with Gasteiger partial charge >= 0.3 is 0 Å². The Labute approximate surface area is 129 Å². The molecule has 2 atom stereocenters. The molecule has 118 valence electrons. The Hall–Kier alpha value is -0.900. The van der Waals surface area contributed by atoms with Crippen molar-refractivity contribution >= 4 is 0 Å². The molecule has 2 unspecified atom stereocenters. The number of hydrogen-bond donors (Lipinski definition) is 1. The summed E-state index contributed by atoms with van der Waals surface area (Å²) in [4.78, 5) is 4.92. The smallest absolute Gasteiger partial charge is 0.0951 e. The molecule has 0 saturated heterocycles. The molecule has 21 heavy (non-hydrogen) atoms. The van der Waals surface area contributed by atoms with Gasteiger partial charge in [-0.25, -0.2) is 0 Å². The van der Waals surface area contributed by atoms with Crippen molar-refractivity contribution in [3.63, 3.8) is 0 Å². The highest BCUT2D eigenvalue weighted by Crippen LogP contribution is 2.34. The summed E-state index contributed by atoms with van der Waals surface area (Å²) in [5, 5.41) is 10.6. The molecule has 1 N–H and O–H groups in total. The van der Waals surface area contributed by atoms with Crippen molar-refractivity contribution in [2.75, 3.05) is 32.7 Å². The topological polar surface area (TPSA) is 26.7 Å². The minimum absolute atomic E-state index is 0.254. The van der Waals surface area contributed by atoms with Crippen LogP contribution in [0.5, 0.6) is 0 Å². The van der Waals surface area contributed by atoms with Crippen LogP contribution in [0.3, 0.4) is 0 Å². The maximum absolute atomic E-state index is 10.6. The number of fused-ring (bicyclic) bond motifs is 1. The van der Waals surface area contributed by atoms with Crippen LogP contribution in [0.2, 0.25) is 0 Å². The lowest BCUT2D eigenvalue weighted by Gasteiger charge is -2.31. The zero-order valence-electron chi connectivity index (χ0n) is 13.8. The van der Waals surface area contributed by atoms with E-state index in [1.54, 1.807) is 0 Å². The van der Waals surface area contributed by atoms with E-state index in [-0.39, 0.29) is 12.1 Å². The summed E-state index contributed by atoms with van der Waals surface area (Å²) in [5.74, 6) is 0. The zero-order chi connectivity index (χ0) is 15.2. The van der Waals surface area contributed by atoms with Crippen molar-refractivity contribution in [3.05, 3.63) is 35.4 Å². The predicted octanol–water partition coefficient (Wildman–Crippen LogP) is 2.70. The lowest BCUT2D eigenvalue weighted by atomic mass is 10.1. The second kappa shape index (κ2) is 7.92. The van der Waals surface area contributed by atoms with E-state index in [2.05, 4.69) is 48.8 Å². The maximum atomic E-state index is 10.6. The van der Waals surface area contributed by atoms with Crippen LogP contribution >= 0.6 is 0 Å². The summed E-state index contributed by atoms with van der Waals surface area (Å²) in [6, 6.07) is 8.58. The van der Waals surface area contributed by atoms with E-state index in [4.69, 9.17) is 0 Å². The third kappa shape index (κ3) is 3.85. The van der Waals surface area contributed by atoms with Crippen molar-refractivity contribution in [3.8, 4) is 0 Å². The van der Waals surface area contributed by atoms with Gasteiger partial charge in [-0.15, -0.1) is 0 Å². The van der Waals surface area contributed by atoms with E-state index in [0.717, 1.165) is 44.7 Å². The van der Waals surface area contributed by atoms with Gasteiger partial charge in [0.15, 0.2) is 0 Å². The highest BCUT2D eigenvalue weighted by molar-refractivity contribution is 5.35. The quantitative estimate of drug-likeness (QED) is 0.797. The second-order valence-corrected chi connectivity index (χ2v) is 5.92. The monoisotopic (exact) mass is 290 g/mol. The van der Waals surface area contributed by atoms with Crippen LogP contribution in [-0.4, -0.2) is 53.7 Å². The van der Waals surface area contributed by atoms with E-state index in [0.29, 0.717) is 0 Å². The number of aliphatic hydroxyl groups is 1. The fraction of sp³-hybridized carbons (Fsp3) is 0.667. The number of benzene rings is 1.